The summed E-state index contributed by atoms with van der Waals surface area (Å²) in [7, 11) is 0. The summed E-state index contributed by atoms with van der Waals surface area (Å²) in [4.78, 5) is 7.26. The molecule has 0 bridgehead atoms. The molecule has 2 aromatic carbocycles. The van der Waals surface area contributed by atoms with E-state index < -0.39 is 0 Å². The largest absolute Gasteiger partial charge is 0.454 e. The quantitative estimate of drug-likeness (QED) is 0.342. The van der Waals surface area contributed by atoms with Crippen LogP contribution in [-0.2, 0) is 13.1 Å². The summed E-state index contributed by atoms with van der Waals surface area (Å²) in [6, 6.07) is 16.8. The molecule has 0 saturated heterocycles. The van der Waals surface area contributed by atoms with Gasteiger partial charge in [0.2, 0.25) is 6.79 Å². The monoisotopic (exact) mass is 453 g/mol. The average molecular weight is 454 g/mol. The first kappa shape index (κ1) is 22.7. The smallest absolute Gasteiger partial charge is 0.231 e. The van der Waals surface area contributed by atoms with Crippen molar-refractivity contribution in [3.05, 3.63) is 64.9 Å². The SMILES string of the molecule is CCCCn1c(-c2ccccc2)nc(Cl)c1CN(CCC)C(C)c1ccc2c(c1)OCO2. The minimum Gasteiger partial charge on any atom is -0.454 e. The standard InChI is InChI=1S/C26H32ClN3O2/c1-4-6-15-30-22(25(27)28-26(30)20-10-8-7-9-11-20)17-29(14-5-2)19(3)21-12-13-23-24(16-21)32-18-31-23/h7-13,16,19H,4-6,14-15,17-18H2,1-3H3. The second-order valence-corrected chi connectivity index (χ2v) is 8.66. The lowest BCUT2D eigenvalue weighted by Gasteiger charge is -2.30. The molecule has 0 N–H and O–H groups in total. The summed E-state index contributed by atoms with van der Waals surface area (Å²) in [5.74, 6) is 2.59. The number of rotatable bonds is 10. The fourth-order valence-electron chi connectivity index (χ4n) is 4.25. The van der Waals surface area contributed by atoms with Gasteiger partial charge in [-0.3, -0.25) is 4.90 Å². The first-order valence-electron chi connectivity index (χ1n) is 11.6. The van der Waals surface area contributed by atoms with Crippen molar-refractivity contribution in [3.8, 4) is 22.9 Å². The van der Waals surface area contributed by atoms with Gasteiger partial charge in [0.25, 0.3) is 0 Å². The number of halogens is 1. The molecular formula is C26H32ClN3O2. The van der Waals surface area contributed by atoms with E-state index in [0.717, 1.165) is 67.5 Å². The van der Waals surface area contributed by atoms with Crippen LogP contribution in [0.3, 0.4) is 0 Å². The van der Waals surface area contributed by atoms with Gasteiger partial charge in [0.05, 0.1) is 5.69 Å². The molecule has 2 heterocycles. The number of imidazole rings is 1. The van der Waals surface area contributed by atoms with E-state index >= 15 is 0 Å². The fraction of sp³-hybridized carbons (Fsp3) is 0.423. The van der Waals surface area contributed by atoms with Crippen LogP contribution in [0.2, 0.25) is 5.15 Å². The molecule has 0 amide bonds. The van der Waals surface area contributed by atoms with Crippen LogP contribution in [0.15, 0.2) is 48.5 Å². The number of ether oxygens (including phenoxy) is 2. The van der Waals surface area contributed by atoms with Crippen LogP contribution >= 0.6 is 11.6 Å². The molecule has 3 aromatic rings. The molecule has 170 valence electrons. The molecule has 1 unspecified atom stereocenters. The van der Waals surface area contributed by atoms with Crippen LogP contribution in [0.1, 0.15) is 57.3 Å². The van der Waals surface area contributed by atoms with E-state index in [1.54, 1.807) is 0 Å². The van der Waals surface area contributed by atoms with Crippen molar-refractivity contribution < 1.29 is 9.47 Å². The number of hydrogen-bond acceptors (Lipinski definition) is 4. The lowest BCUT2D eigenvalue weighted by Crippen LogP contribution is -2.29. The van der Waals surface area contributed by atoms with Crippen molar-refractivity contribution in [1.82, 2.24) is 14.5 Å². The van der Waals surface area contributed by atoms with Crippen molar-refractivity contribution in [2.45, 2.75) is 59.2 Å². The van der Waals surface area contributed by atoms with Crippen molar-refractivity contribution in [2.75, 3.05) is 13.3 Å². The molecule has 0 radical (unpaired) electrons. The highest BCUT2D eigenvalue weighted by molar-refractivity contribution is 6.30. The summed E-state index contributed by atoms with van der Waals surface area (Å²) < 4.78 is 13.4. The molecule has 0 spiro atoms. The van der Waals surface area contributed by atoms with Crippen LogP contribution in [-0.4, -0.2) is 27.8 Å². The number of hydrogen-bond donors (Lipinski definition) is 0. The minimum absolute atomic E-state index is 0.204. The summed E-state index contributed by atoms with van der Waals surface area (Å²) >= 11 is 6.76. The van der Waals surface area contributed by atoms with E-state index in [0.29, 0.717) is 11.9 Å². The molecular weight excluding hydrogens is 422 g/mol. The molecule has 4 rings (SSSR count). The third kappa shape index (κ3) is 4.79. The summed E-state index contributed by atoms with van der Waals surface area (Å²) in [5, 5.41) is 0.596. The maximum absolute atomic E-state index is 6.76. The van der Waals surface area contributed by atoms with Gasteiger partial charge in [-0.2, -0.15) is 0 Å². The van der Waals surface area contributed by atoms with Crippen LogP contribution in [0.25, 0.3) is 11.4 Å². The Bertz CT molecular complexity index is 1040. The van der Waals surface area contributed by atoms with E-state index in [-0.39, 0.29) is 6.04 Å². The molecule has 32 heavy (non-hydrogen) atoms. The third-order valence-corrected chi connectivity index (χ3v) is 6.38. The highest BCUT2D eigenvalue weighted by Gasteiger charge is 2.24. The van der Waals surface area contributed by atoms with Crippen LogP contribution in [0.4, 0.5) is 0 Å². The maximum Gasteiger partial charge on any atom is 0.231 e. The zero-order valence-electron chi connectivity index (χ0n) is 19.2. The number of fused-ring (bicyclic) bond motifs is 1. The first-order valence-corrected chi connectivity index (χ1v) is 11.9. The number of benzene rings is 2. The van der Waals surface area contributed by atoms with Gasteiger partial charge in [-0.15, -0.1) is 0 Å². The van der Waals surface area contributed by atoms with Crippen molar-refractivity contribution in [1.29, 1.82) is 0 Å². The second kappa shape index (κ2) is 10.4. The van der Waals surface area contributed by atoms with Gasteiger partial charge in [-0.25, -0.2) is 4.98 Å². The van der Waals surface area contributed by atoms with E-state index in [1.807, 2.05) is 24.3 Å². The predicted octanol–water partition coefficient (Wildman–Crippen LogP) is 6.71. The molecule has 0 fully saturated rings. The summed E-state index contributed by atoms with van der Waals surface area (Å²) in [6.45, 7) is 9.58. The number of unbranched alkanes of at least 4 members (excludes halogenated alkanes) is 1. The zero-order valence-corrected chi connectivity index (χ0v) is 19.9. The van der Waals surface area contributed by atoms with Crippen LogP contribution in [0, 0.1) is 0 Å². The van der Waals surface area contributed by atoms with E-state index in [4.69, 9.17) is 26.1 Å². The van der Waals surface area contributed by atoms with Crippen molar-refractivity contribution >= 4 is 11.6 Å². The number of aromatic nitrogens is 2. The molecule has 0 aliphatic carbocycles. The van der Waals surface area contributed by atoms with Gasteiger partial charge in [0.1, 0.15) is 5.82 Å². The highest BCUT2D eigenvalue weighted by Crippen LogP contribution is 2.36. The van der Waals surface area contributed by atoms with Gasteiger partial charge < -0.3 is 14.0 Å². The second-order valence-electron chi connectivity index (χ2n) is 8.30. The van der Waals surface area contributed by atoms with Crippen molar-refractivity contribution in [3.63, 3.8) is 0 Å². The molecule has 1 aliphatic heterocycles. The first-order chi connectivity index (χ1) is 15.6. The Kier molecular flexibility index (Phi) is 7.38. The topological polar surface area (TPSA) is 39.5 Å². The van der Waals surface area contributed by atoms with E-state index in [2.05, 4.69) is 54.5 Å². The molecule has 5 nitrogen and oxygen atoms in total. The van der Waals surface area contributed by atoms with Gasteiger partial charge in [0, 0.05) is 24.7 Å². The Labute approximate surface area is 195 Å². The lowest BCUT2D eigenvalue weighted by atomic mass is 10.1. The average Bonchev–Trinajstić information content (AvgIpc) is 3.41. The number of nitrogens with zero attached hydrogens (tertiary/aromatic N) is 3. The van der Waals surface area contributed by atoms with Gasteiger partial charge in [-0.05, 0) is 44.0 Å². The van der Waals surface area contributed by atoms with Gasteiger partial charge >= 0.3 is 0 Å². The van der Waals surface area contributed by atoms with Gasteiger partial charge in [0.15, 0.2) is 16.7 Å². The highest BCUT2D eigenvalue weighted by atomic mass is 35.5. The Morgan fingerprint density at radius 1 is 1.06 bits per heavy atom. The molecule has 1 aromatic heterocycles. The normalized spacial score (nSPS) is 13.7. The fourth-order valence-corrected chi connectivity index (χ4v) is 4.49. The maximum atomic E-state index is 6.76. The molecule has 1 aliphatic rings. The van der Waals surface area contributed by atoms with E-state index in [9.17, 15) is 0 Å². The molecule has 0 saturated carbocycles. The Morgan fingerprint density at radius 3 is 2.59 bits per heavy atom. The Morgan fingerprint density at radius 2 is 1.84 bits per heavy atom. The summed E-state index contributed by atoms with van der Waals surface area (Å²) in [6.07, 6.45) is 3.27. The summed E-state index contributed by atoms with van der Waals surface area (Å²) in [5.41, 5.74) is 3.39. The lowest BCUT2D eigenvalue weighted by molar-refractivity contribution is 0.173. The van der Waals surface area contributed by atoms with Gasteiger partial charge in [-0.1, -0.05) is 68.3 Å². The van der Waals surface area contributed by atoms with E-state index in [1.165, 1.54) is 5.56 Å². The third-order valence-electron chi connectivity index (χ3n) is 6.08. The zero-order chi connectivity index (χ0) is 22.5. The van der Waals surface area contributed by atoms with Crippen LogP contribution < -0.4 is 9.47 Å². The minimum atomic E-state index is 0.204. The van der Waals surface area contributed by atoms with Crippen LogP contribution in [0.5, 0.6) is 11.5 Å². The predicted molar refractivity (Wildman–Crippen MR) is 129 cm³/mol. The Hall–Kier alpha value is -2.50. The molecule has 6 heteroatoms. The molecule has 1 atom stereocenters. The Balaban J connectivity index is 1.65. The van der Waals surface area contributed by atoms with Crippen molar-refractivity contribution in [2.24, 2.45) is 0 Å².